The molecule has 0 aliphatic carbocycles. The van der Waals surface area contributed by atoms with Gasteiger partial charge in [0.2, 0.25) is 5.91 Å². The molecule has 2 N–H and O–H groups in total. The molecule has 0 atom stereocenters. The molecule has 31 heavy (non-hydrogen) atoms. The quantitative estimate of drug-likeness (QED) is 0.449. The highest BCUT2D eigenvalue weighted by Gasteiger charge is 2.09. The number of anilines is 1. The van der Waals surface area contributed by atoms with Crippen molar-refractivity contribution in [3.8, 4) is 5.75 Å². The van der Waals surface area contributed by atoms with Gasteiger partial charge >= 0.3 is 5.97 Å². The summed E-state index contributed by atoms with van der Waals surface area (Å²) in [5, 5.41) is 5.37. The number of nitrogens with one attached hydrogen (secondary N) is 2. The molecule has 2 aromatic rings. The topological polar surface area (TPSA) is 93.7 Å². The average Bonchev–Trinajstić information content (AvgIpc) is 2.70. The van der Waals surface area contributed by atoms with E-state index in [1.54, 1.807) is 24.3 Å². The van der Waals surface area contributed by atoms with Crippen molar-refractivity contribution in [1.82, 2.24) is 5.32 Å². The Hall–Kier alpha value is -3.35. The van der Waals surface area contributed by atoms with Gasteiger partial charge < -0.3 is 20.1 Å². The fraction of sp³-hybridized carbons (Fsp3) is 0.375. The second-order valence-corrected chi connectivity index (χ2v) is 7.47. The summed E-state index contributed by atoms with van der Waals surface area (Å²) in [5.41, 5.74) is 4.84. The number of carbonyl (C=O) groups is 3. The lowest BCUT2D eigenvalue weighted by Gasteiger charge is -2.12. The minimum Gasteiger partial charge on any atom is -0.493 e. The van der Waals surface area contributed by atoms with Gasteiger partial charge in [-0.1, -0.05) is 18.2 Å². The molecule has 0 heterocycles. The van der Waals surface area contributed by atoms with E-state index in [2.05, 4.69) is 23.6 Å². The highest BCUT2D eigenvalue weighted by Crippen LogP contribution is 2.23. The second-order valence-electron chi connectivity index (χ2n) is 7.47. The summed E-state index contributed by atoms with van der Waals surface area (Å²) in [5.74, 6) is -0.138. The van der Waals surface area contributed by atoms with E-state index in [0.717, 1.165) is 22.4 Å². The summed E-state index contributed by atoms with van der Waals surface area (Å²) in [6.07, 6.45) is 0.698. The lowest BCUT2D eigenvalue weighted by atomic mass is 10.1. The monoisotopic (exact) mass is 426 g/mol. The SMILES string of the molecule is CC(=O)Nc1ccc(CC(=O)OCC(=O)NCCCOc2cc(C)cc(C)c2C)cc1. The van der Waals surface area contributed by atoms with Crippen LogP contribution in [0.25, 0.3) is 0 Å². The lowest BCUT2D eigenvalue weighted by Crippen LogP contribution is -2.30. The number of hydrogen-bond donors (Lipinski definition) is 2. The van der Waals surface area contributed by atoms with E-state index >= 15 is 0 Å². The third-order valence-electron chi connectivity index (χ3n) is 4.65. The van der Waals surface area contributed by atoms with Gasteiger partial charge in [0, 0.05) is 19.2 Å². The van der Waals surface area contributed by atoms with E-state index in [1.165, 1.54) is 12.5 Å². The first kappa shape index (κ1) is 23.9. The summed E-state index contributed by atoms with van der Waals surface area (Å²) in [6.45, 7) is 8.13. The fourth-order valence-corrected chi connectivity index (χ4v) is 2.96. The van der Waals surface area contributed by atoms with Crippen LogP contribution in [-0.4, -0.2) is 37.5 Å². The van der Waals surface area contributed by atoms with Crippen LogP contribution in [0.15, 0.2) is 36.4 Å². The molecule has 2 amide bonds. The summed E-state index contributed by atoms with van der Waals surface area (Å²) >= 11 is 0. The van der Waals surface area contributed by atoms with Gasteiger partial charge in [-0.3, -0.25) is 14.4 Å². The largest absolute Gasteiger partial charge is 0.493 e. The van der Waals surface area contributed by atoms with Crippen LogP contribution >= 0.6 is 0 Å². The van der Waals surface area contributed by atoms with Gasteiger partial charge in [0.05, 0.1) is 13.0 Å². The van der Waals surface area contributed by atoms with Gasteiger partial charge in [-0.25, -0.2) is 0 Å². The zero-order valence-corrected chi connectivity index (χ0v) is 18.5. The Morgan fingerprint density at radius 2 is 1.71 bits per heavy atom. The number of amides is 2. The van der Waals surface area contributed by atoms with Crippen LogP contribution in [0.4, 0.5) is 5.69 Å². The maximum atomic E-state index is 11.9. The Kier molecular flexibility index (Phi) is 9.06. The molecule has 0 spiro atoms. The molecule has 0 unspecified atom stereocenters. The van der Waals surface area contributed by atoms with E-state index in [4.69, 9.17) is 9.47 Å². The number of carbonyl (C=O) groups excluding carboxylic acids is 3. The Morgan fingerprint density at radius 3 is 2.39 bits per heavy atom. The molecule has 0 saturated heterocycles. The van der Waals surface area contributed by atoms with Crippen LogP contribution in [0.5, 0.6) is 5.75 Å². The standard InChI is InChI=1S/C24H30N2O5/c1-16-12-17(2)18(3)22(13-16)30-11-5-10-25-23(28)15-31-24(29)14-20-6-8-21(9-7-20)26-19(4)27/h6-9,12-13H,5,10-11,14-15H2,1-4H3,(H,25,28)(H,26,27). The zero-order chi connectivity index (χ0) is 22.8. The summed E-state index contributed by atoms with van der Waals surface area (Å²) in [6, 6.07) is 11.0. The molecule has 2 rings (SSSR count). The normalized spacial score (nSPS) is 10.3. The Labute approximate surface area is 183 Å². The van der Waals surface area contributed by atoms with E-state index < -0.39 is 5.97 Å². The first-order valence-corrected chi connectivity index (χ1v) is 10.2. The van der Waals surface area contributed by atoms with Gasteiger partial charge in [-0.15, -0.1) is 0 Å². The summed E-state index contributed by atoms with van der Waals surface area (Å²) in [7, 11) is 0. The number of rotatable bonds is 10. The second kappa shape index (κ2) is 11.7. The number of aryl methyl sites for hydroxylation is 2. The van der Waals surface area contributed by atoms with Gasteiger partial charge in [-0.2, -0.15) is 0 Å². The van der Waals surface area contributed by atoms with Crippen LogP contribution < -0.4 is 15.4 Å². The van der Waals surface area contributed by atoms with Crippen LogP contribution in [0.1, 0.15) is 35.6 Å². The van der Waals surface area contributed by atoms with Crippen molar-refractivity contribution in [2.75, 3.05) is 25.1 Å². The van der Waals surface area contributed by atoms with Gasteiger partial charge in [-0.05, 0) is 67.6 Å². The maximum Gasteiger partial charge on any atom is 0.310 e. The molecule has 0 fully saturated rings. The van der Waals surface area contributed by atoms with Gasteiger partial charge in [0.15, 0.2) is 6.61 Å². The minimum atomic E-state index is -0.490. The van der Waals surface area contributed by atoms with Crippen LogP contribution in [0.2, 0.25) is 0 Å². The molecule has 7 nitrogen and oxygen atoms in total. The number of ether oxygens (including phenoxy) is 2. The number of hydrogen-bond acceptors (Lipinski definition) is 5. The molecule has 0 saturated carbocycles. The molecular formula is C24H30N2O5. The Morgan fingerprint density at radius 1 is 1.00 bits per heavy atom. The number of benzene rings is 2. The first-order chi connectivity index (χ1) is 14.7. The van der Waals surface area contributed by atoms with Crippen molar-refractivity contribution in [3.63, 3.8) is 0 Å². The van der Waals surface area contributed by atoms with Gasteiger partial charge in [0.25, 0.3) is 5.91 Å². The third kappa shape index (κ3) is 8.50. The average molecular weight is 427 g/mol. The van der Waals surface area contributed by atoms with Crippen molar-refractivity contribution in [3.05, 3.63) is 58.7 Å². The van der Waals surface area contributed by atoms with Gasteiger partial charge in [0.1, 0.15) is 5.75 Å². The van der Waals surface area contributed by atoms with Crippen molar-refractivity contribution in [2.24, 2.45) is 0 Å². The van der Waals surface area contributed by atoms with Crippen LogP contribution in [0.3, 0.4) is 0 Å². The molecule has 2 aromatic carbocycles. The molecule has 0 aromatic heterocycles. The molecule has 0 aliphatic rings. The van der Waals surface area contributed by atoms with Crippen LogP contribution in [0, 0.1) is 20.8 Å². The summed E-state index contributed by atoms with van der Waals surface area (Å²) in [4.78, 5) is 34.8. The van der Waals surface area contributed by atoms with Crippen molar-refractivity contribution in [1.29, 1.82) is 0 Å². The Balaban J connectivity index is 1.62. The highest BCUT2D eigenvalue weighted by atomic mass is 16.5. The molecule has 0 bridgehead atoms. The molecule has 166 valence electrons. The van der Waals surface area contributed by atoms with Crippen molar-refractivity contribution < 1.29 is 23.9 Å². The zero-order valence-electron chi connectivity index (χ0n) is 18.5. The summed E-state index contributed by atoms with van der Waals surface area (Å²) < 4.78 is 10.8. The van der Waals surface area contributed by atoms with E-state index in [-0.39, 0.29) is 24.8 Å². The third-order valence-corrected chi connectivity index (χ3v) is 4.65. The molecular weight excluding hydrogens is 396 g/mol. The maximum absolute atomic E-state index is 11.9. The number of esters is 1. The van der Waals surface area contributed by atoms with Crippen molar-refractivity contribution in [2.45, 2.75) is 40.5 Å². The molecule has 0 radical (unpaired) electrons. The predicted octanol–water partition coefficient (Wildman–Crippen LogP) is 3.24. The minimum absolute atomic E-state index is 0.0523. The smallest absolute Gasteiger partial charge is 0.310 e. The predicted molar refractivity (Wildman–Crippen MR) is 119 cm³/mol. The van der Waals surface area contributed by atoms with Crippen molar-refractivity contribution >= 4 is 23.5 Å². The highest BCUT2D eigenvalue weighted by molar-refractivity contribution is 5.88. The lowest BCUT2D eigenvalue weighted by molar-refractivity contribution is -0.147. The van der Waals surface area contributed by atoms with Crippen LogP contribution in [-0.2, 0) is 25.5 Å². The van der Waals surface area contributed by atoms with E-state index in [1.807, 2.05) is 19.9 Å². The van der Waals surface area contributed by atoms with E-state index in [0.29, 0.717) is 25.3 Å². The molecule has 0 aliphatic heterocycles. The fourth-order valence-electron chi connectivity index (χ4n) is 2.96. The first-order valence-electron chi connectivity index (χ1n) is 10.2. The molecule has 7 heteroatoms. The Bertz CT molecular complexity index is 922. The van der Waals surface area contributed by atoms with E-state index in [9.17, 15) is 14.4 Å².